The zero-order valence-electron chi connectivity index (χ0n) is 13.3. The molecule has 122 valence electrons. The smallest absolute Gasteiger partial charge is 0.0645 e. The van der Waals surface area contributed by atoms with Crippen molar-refractivity contribution in [3.8, 4) is 5.69 Å². The summed E-state index contributed by atoms with van der Waals surface area (Å²) in [4.78, 5) is 2.30. The third-order valence-electron chi connectivity index (χ3n) is 4.56. The molecule has 1 aliphatic heterocycles. The van der Waals surface area contributed by atoms with Gasteiger partial charge in [-0.2, -0.15) is 5.10 Å². The van der Waals surface area contributed by atoms with Crippen LogP contribution in [-0.4, -0.2) is 28.3 Å². The quantitative estimate of drug-likeness (QED) is 0.659. The Morgan fingerprint density at radius 3 is 2.62 bits per heavy atom. The second-order valence-electron chi connectivity index (χ2n) is 6.25. The van der Waals surface area contributed by atoms with Gasteiger partial charge in [0.25, 0.3) is 0 Å². The van der Waals surface area contributed by atoms with E-state index < -0.39 is 0 Å². The Labute approximate surface area is 151 Å². The van der Waals surface area contributed by atoms with Gasteiger partial charge in [0.1, 0.15) is 0 Å². The Balaban J connectivity index is 1.75. The predicted molar refractivity (Wildman–Crippen MR) is 98.2 cm³/mol. The average Bonchev–Trinajstić information content (AvgIpc) is 3.10. The highest BCUT2D eigenvalue weighted by Crippen LogP contribution is 2.38. The molecule has 1 aliphatic rings. The molecule has 0 saturated heterocycles. The van der Waals surface area contributed by atoms with Crippen LogP contribution in [0.25, 0.3) is 5.69 Å². The van der Waals surface area contributed by atoms with Gasteiger partial charge in [-0.25, -0.2) is 4.68 Å². The number of benzene rings is 2. The zero-order chi connectivity index (χ0) is 16.7. The van der Waals surface area contributed by atoms with Gasteiger partial charge >= 0.3 is 0 Å². The van der Waals surface area contributed by atoms with Gasteiger partial charge in [0.2, 0.25) is 0 Å². The summed E-state index contributed by atoms with van der Waals surface area (Å²) < 4.78 is 1.86. The minimum Gasteiger partial charge on any atom is -0.301 e. The number of hydrogen-bond donors (Lipinski definition) is 0. The highest BCUT2D eigenvalue weighted by molar-refractivity contribution is 6.35. The molecule has 4 rings (SSSR count). The molecule has 2 heterocycles. The number of hydrogen-bond acceptors (Lipinski definition) is 2. The molecule has 3 aromatic rings. The van der Waals surface area contributed by atoms with Crippen LogP contribution in [-0.2, 0) is 6.54 Å². The van der Waals surface area contributed by atoms with E-state index in [4.69, 9.17) is 23.2 Å². The van der Waals surface area contributed by atoms with Gasteiger partial charge in [0.05, 0.1) is 5.69 Å². The van der Waals surface area contributed by atoms with Crippen LogP contribution < -0.4 is 0 Å². The van der Waals surface area contributed by atoms with Crippen LogP contribution in [0.1, 0.15) is 22.6 Å². The minimum absolute atomic E-state index is 0.265. The second kappa shape index (κ2) is 6.25. The molecule has 1 unspecified atom stereocenters. The predicted octanol–water partition coefficient (Wildman–Crippen LogP) is 4.76. The lowest BCUT2D eigenvalue weighted by Gasteiger charge is -2.33. The molecule has 0 fully saturated rings. The molecule has 24 heavy (non-hydrogen) atoms. The third-order valence-corrected chi connectivity index (χ3v) is 5.11. The fourth-order valence-electron chi connectivity index (χ4n) is 3.41. The molecule has 0 saturated carbocycles. The van der Waals surface area contributed by atoms with Crippen LogP contribution in [0, 0.1) is 0 Å². The van der Waals surface area contributed by atoms with Gasteiger partial charge in [-0.15, -0.1) is 0 Å². The van der Waals surface area contributed by atoms with Crippen LogP contribution in [0.4, 0.5) is 0 Å². The van der Waals surface area contributed by atoms with Crippen LogP contribution in [0.3, 0.4) is 0 Å². The lowest BCUT2D eigenvalue weighted by atomic mass is 9.85. The molecule has 0 radical (unpaired) electrons. The van der Waals surface area contributed by atoms with Crippen LogP contribution >= 0.6 is 23.2 Å². The van der Waals surface area contributed by atoms with Crippen LogP contribution in [0.15, 0.2) is 54.9 Å². The highest BCUT2D eigenvalue weighted by atomic mass is 35.5. The van der Waals surface area contributed by atoms with Gasteiger partial charge < -0.3 is 4.90 Å². The van der Waals surface area contributed by atoms with Gasteiger partial charge in [0, 0.05) is 41.4 Å². The molecule has 0 bridgehead atoms. The molecule has 0 spiro atoms. The van der Waals surface area contributed by atoms with E-state index in [1.165, 1.54) is 16.7 Å². The van der Waals surface area contributed by atoms with Gasteiger partial charge in [0.15, 0.2) is 0 Å². The molecule has 1 atom stereocenters. The Hall–Kier alpha value is -1.81. The van der Waals surface area contributed by atoms with Crippen molar-refractivity contribution in [3.05, 3.63) is 81.6 Å². The van der Waals surface area contributed by atoms with E-state index in [0.29, 0.717) is 5.02 Å². The van der Waals surface area contributed by atoms with E-state index in [1.54, 1.807) is 6.20 Å². The fourth-order valence-corrected chi connectivity index (χ4v) is 3.98. The maximum atomic E-state index is 6.44. The highest BCUT2D eigenvalue weighted by Gasteiger charge is 2.27. The normalized spacial score (nSPS) is 17.7. The fraction of sp³-hybridized carbons (Fsp3) is 0.211. The van der Waals surface area contributed by atoms with Crippen molar-refractivity contribution in [1.29, 1.82) is 0 Å². The molecule has 3 nitrogen and oxygen atoms in total. The first-order chi connectivity index (χ1) is 11.6. The number of fused-ring (bicyclic) bond motifs is 1. The molecule has 2 aromatic carbocycles. The average molecular weight is 358 g/mol. The van der Waals surface area contributed by atoms with Crippen molar-refractivity contribution in [2.45, 2.75) is 12.5 Å². The maximum Gasteiger partial charge on any atom is 0.0645 e. The number of aromatic nitrogens is 2. The van der Waals surface area contributed by atoms with Crippen molar-refractivity contribution in [3.63, 3.8) is 0 Å². The van der Waals surface area contributed by atoms with E-state index in [1.807, 2.05) is 23.0 Å². The van der Waals surface area contributed by atoms with Gasteiger partial charge in [-0.1, -0.05) is 35.3 Å². The van der Waals surface area contributed by atoms with E-state index in [0.717, 1.165) is 23.8 Å². The number of halogens is 2. The monoisotopic (exact) mass is 357 g/mol. The lowest BCUT2D eigenvalue weighted by molar-refractivity contribution is 0.295. The molecular weight excluding hydrogens is 341 g/mol. The third kappa shape index (κ3) is 2.84. The van der Waals surface area contributed by atoms with Crippen LogP contribution in [0.2, 0.25) is 10.0 Å². The Morgan fingerprint density at radius 1 is 1.12 bits per heavy atom. The van der Waals surface area contributed by atoms with E-state index >= 15 is 0 Å². The summed E-state index contributed by atoms with van der Waals surface area (Å²) in [6, 6.07) is 14.3. The van der Waals surface area contributed by atoms with Gasteiger partial charge in [-0.3, -0.25) is 0 Å². The van der Waals surface area contributed by atoms with Crippen molar-refractivity contribution in [2.75, 3.05) is 13.6 Å². The van der Waals surface area contributed by atoms with Crippen molar-refractivity contribution in [2.24, 2.45) is 0 Å². The van der Waals surface area contributed by atoms with Crippen molar-refractivity contribution < 1.29 is 0 Å². The first-order valence-electron chi connectivity index (χ1n) is 7.88. The Kier molecular flexibility index (Phi) is 4.09. The number of rotatable bonds is 2. The number of nitrogens with zero attached hydrogens (tertiary/aromatic N) is 3. The summed E-state index contributed by atoms with van der Waals surface area (Å²) >= 11 is 12.7. The van der Waals surface area contributed by atoms with E-state index in [-0.39, 0.29) is 5.92 Å². The summed E-state index contributed by atoms with van der Waals surface area (Å²) in [7, 11) is 2.12. The summed E-state index contributed by atoms with van der Waals surface area (Å²) in [5.74, 6) is 0.265. The molecule has 0 aliphatic carbocycles. The van der Waals surface area contributed by atoms with Crippen molar-refractivity contribution in [1.82, 2.24) is 14.7 Å². The lowest BCUT2D eigenvalue weighted by Crippen LogP contribution is -2.31. The van der Waals surface area contributed by atoms with E-state index in [2.05, 4.69) is 47.4 Å². The summed E-state index contributed by atoms with van der Waals surface area (Å²) in [6.45, 7) is 1.80. The molecule has 1 aromatic heterocycles. The first kappa shape index (κ1) is 15.7. The van der Waals surface area contributed by atoms with Crippen LogP contribution in [0.5, 0.6) is 0 Å². The topological polar surface area (TPSA) is 21.1 Å². The summed E-state index contributed by atoms with van der Waals surface area (Å²) in [5.41, 5.74) is 4.72. The SMILES string of the molecule is CN1Cc2c(Cl)cc(Cl)cc2C(c2ccc(-n3cccn3)cc2)C1. The Morgan fingerprint density at radius 2 is 1.92 bits per heavy atom. The second-order valence-corrected chi connectivity index (χ2v) is 7.09. The van der Waals surface area contributed by atoms with Crippen molar-refractivity contribution >= 4 is 23.2 Å². The van der Waals surface area contributed by atoms with E-state index in [9.17, 15) is 0 Å². The molecule has 5 heteroatoms. The largest absolute Gasteiger partial charge is 0.301 e. The molecular formula is C19H17Cl2N3. The standard InChI is InChI=1S/C19H17Cl2N3/c1-23-11-17(16-9-14(20)10-19(21)18(16)12-23)13-3-5-15(6-4-13)24-8-2-7-22-24/h2-10,17H,11-12H2,1H3. The minimum atomic E-state index is 0.265. The first-order valence-corrected chi connectivity index (χ1v) is 8.64. The maximum absolute atomic E-state index is 6.44. The number of likely N-dealkylation sites (N-methyl/N-ethyl adjacent to an activating group) is 1. The molecule has 0 N–H and O–H groups in total. The zero-order valence-corrected chi connectivity index (χ0v) is 14.8. The summed E-state index contributed by atoms with van der Waals surface area (Å²) in [6.07, 6.45) is 3.72. The molecule has 0 amide bonds. The summed E-state index contributed by atoms with van der Waals surface area (Å²) in [5, 5.41) is 5.72. The van der Waals surface area contributed by atoms with Gasteiger partial charge in [-0.05, 0) is 54.1 Å². The Bertz CT molecular complexity index is 857.